The fourth-order valence-corrected chi connectivity index (χ4v) is 1.67. The Bertz CT molecular complexity index is 251. The van der Waals surface area contributed by atoms with Crippen molar-refractivity contribution in [1.29, 1.82) is 0 Å². The third-order valence-electron chi connectivity index (χ3n) is 2.65. The Morgan fingerprint density at radius 3 is 2.42 bits per heavy atom. The lowest BCUT2D eigenvalue weighted by Crippen LogP contribution is -2.46. The zero-order valence-electron chi connectivity index (χ0n) is 6.83. The average Bonchev–Trinajstić information content (AvgIpc) is 2.05. The van der Waals surface area contributed by atoms with Crippen LogP contribution in [-0.2, 0) is 5.54 Å². The van der Waals surface area contributed by atoms with E-state index in [1.165, 1.54) is 6.42 Å². The van der Waals surface area contributed by atoms with Crippen LogP contribution in [0.4, 0.5) is 0 Å². The van der Waals surface area contributed by atoms with Crippen LogP contribution in [0.1, 0.15) is 24.8 Å². The normalized spacial score (nSPS) is 20.1. The summed E-state index contributed by atoms with van der Waals surface area (Å²) in [7, 11) is 0. The van der Waals surface area contributed by atoms with E-state index in [1.807, 2.05) is 12.1 Å². The summed E-state index contributed by atoms with van der Waals surface area (Å²) >= 11 is 0. The van der Waals surface area contributed by atoms with E-state index in [0.717, 1.165) is 18.4 Å². The van der Waals surface area contributed by atoms with Gasteiger partial charge in [-0.15, -0.1) is 0 Å². The summed E-state index contributed by atoms with van der Waals surface area (Å²) in [6, 6.07) is 3.89. The van der Waals surface area contributed by atoms with Crippen molar-refractivity contribution < 1.29 is 5.21 Å². The van der Waals surface area contributed by atoms with Gasteiger partial charge in [0.25, 0.3) is 0 Å². The van der Waals surface area contributed by atoms with Crippen molar-refractivity contribution in [2.75, 3.05) is 0 Å². The van der Waals surface area contributed by atoms with Gasteiger partial charge in [-0.3, -0.25) is 4.98 Å². The zero-order chi connectivity index (χ0) is 8.44. The van der Waals surface area contributed by atoms with Crippen LogP contribution < -0.4 is 5.48 Å². The zero-order valence-corrected chi connectivity index (χ0v) is 6.83. The van der Waals surface area contributed by atoms with Crippen LogP contribution in [0.25, 0.3) is 0 Å². The van der Waals surface area contributed by atoms with Crippen LogP contribution in [0.2, 0.25) is 0 Å². The second-order valence-electron chi connectivity index (χ2n) is 3.28. The van der Waals surface area contributed by atoms with Crippen molar-refractivity contribution >= 4 is 0 Å². The van der Waals surface area contributed by atoms with Gasteiger partial charge in [0, 0.05) is 12.4 Å². The third-order valence-corrected chi connectivity index (χ3v) is 2.65. The van der Waals surface area contributed by atoms with Gasteiger partial charge in [0.05, 0.1) is 5.54 Å². The standard InChI is InChI=1S/C9H12N2O/c12-11-9(4-1-5-9)8-2-6-10-7-3-8/h2-3,6-7,11-12H,1,4-5H2. The molecule has 1 fully saturated rings. The van der Waals surface area contributed by atoms with Gasteiger partial charge < -0.3 is 5.21 Å². The molecule has 0 radical (unpaired) electrons. The maximum absolute atomic E-state index is 9.02. The van der Waals surface area contributed by atoms with Crippen LogP contribution in [0.3, 0.4) is 0 Å². The molecule has 0 aromatic carbocycles. The van der Waals surface area contributed by atoms with Crippen molar-refractivity contribution in [1.82, 2.24) is 10.5 Å². The number of aromatic nitrogens is 1. The first kappa shape index (κ1) is 7.71. The van der Waals surface area contributed by atoms with Gasteiger partial charge in [-0.1, -0.05) is 0 Å². The molecule has 0 saturated heterocycles. The van der Waals surface area contributed by atoms with Crippen LogP contribution >= 0.6 is 0 Å². The molecule has 12 heavy (non-hydrogen) atoms. The molecule has 1 saturated carbocycles. The number of hydrogen-bond donors (Lipinski definition) is 2. The molecule has 1 aliphatic rings. The van der Waals surface area contributed by atoms with E-state index in [-0.39, 0.29) is 5.54 Å². The fourth-order valence-electron chi connectivity index (χ4n) is 1.67. The third kappa shape index (κ3) is 1.02. The molecular weight excluding hydrogens is 152 g/mol. The first-order chi connectivity index (χ1) is 5.87. The highest BCUT2D eigenvalue weighted by Gasteiger charge is 2.37. The molecule has 3 heteroatoms. The molecule has 0 atom stereocenters. The molecule has 0 spiro atoms. The Labute approximate surface area is 71.4 Å². The predicted molar refractivity (Wildman–Crippen MR) is 44.7 cm³/mol. The number of pyridine rings is 1. The summed E-state index contributed by atoms with van der Waals surface area (Å²) in [5, 5.41) is 9.02. The Kier molecular flexibility index (Phi) is 1.83. The van der Waals surface area contributed by atoms with E-state index >= 15 is 0 Å². The van der Waals surface area contributed by atoms with E-state index in [0.29, 0.717) is 0 Å². The molecule has 0 unspecified atom stereocenters. The van der Waals surface area contributed by atoms with E-state index in [2.05, 4.69) is 10.5 Å². The van der Waals surface area contributed by atoms with Crippen molar-refractivity contribution in [3.63, 3.8) is 0 Å². The minimum absolute atomic E-state index is 0.178. The molecule has 0 amide bonds. The van der Waals surface area contributed by atoms with Gasteiger partial charge in [0.1, 0.15) is 0 Å². The van der Waals surface area contributed by atoms with Gasteiger partial charge in [-0.25, -0.2) is 0 Å². The number of hydrogen-bond acceptors (Lipinski definition) is 3. The second-order valence-corrected chi connectivity index (χ2v) is 3.28. The van der Waals surface area contributed by atoms with Crippen molar-refractivity contribution in [2.24, 2.45) is 0 Å². The topological polar surface area (TPSA) is 45.1 Å². The Balaban J connectivity index is 2.28. The molecule has 1 aromatic rings. The number of hydroxylamine groups is 1. The average molecular weight is 164 g/mol. The van der Waals surface area contributed by atoms with Crippen LogP contribution in [0.15, 0.2) is 24.5 Å². The van der Waals surface area contributed by atoms with Gasteiger partial charge in [-0.05, 0) is 37.0 Å². The number of rotatable bonds is 2. The monoisotopic (exact) mass is 164 g/mol. The lowest BCUT2D eigenvalue weighted by Gasteiger charge is -2.40. The highest BCUT2D eigenvalue weighted by Crippen LogP contribution is 2.40. The first-order valence-corrected chi connectivity index (χ1v) is 4.19. The predicted octanol–water partition coefficient (Wildman–Crippen LogP) is 1.44. The Morgan fingerprint density at radius 1 is 1.33 bits per heavy atom. The van der Waals surface area contributed by atoms with Crippen molar-refractivity contribution in [2.45, 2.75) is 24.8 Å². The van der Waals surface area contributed by atoms with E-state index in [1.54, 1.807) is 12.4 Å². The van der Waals surface area contributed by atoms with E-state index in [4.69, 9.17) is 5.21 Å². The summed E-state index contributed by atoms with van der Waals surface area (Å²) in [6.07, 6.45) is 6.70. The molecule has 1 heterocycles. The van der Waals surface area contributed by atoms with E-state index in [9.17, 15) is 0 Å². The molecule has 0 aliphatic heterocycles. The molecule has 0 bridgehead atoms. The first-order valence-electron chi connectivity index (χ1n) is 4.19. The van der Waals surface area contributed by atoms with Crippen LogP contribution in [-0.4, -0.2) is 10.2 Å². The summed E-state index contributed by atoms with van der Waals surface area (Å²) in [5.74, 6) is 0. The lowest BCUT2D eigenvalue weighted by molar-refractivity contribution is 0.00819. The number of nitrogens with one attached hydrogen (secondary N) is 1. The van der Waals surface area contributed by atoms with Crippen molar-refractivity contribution in [3.05, 3.63) is 30.1 Å². The second kappa shape index (κ2) is 2.84. The van der Waals surface area contributed by atoms with Gasteiger partial charge >= 0.3 is 0 Å². The quantitative estimate of drug-likeness (QED) is 0.650. The SMILES string of the molecule is ONC1(c2ccncc2)CCC1. The van der Waals surface area contributed by atoms with Gasteiger partial charge in [0.2, 0.25) is 0 Å². The highest BCUT2D eigenvalue weighted by molar-refractivity contribution is 5.23. The minimum atomic E-state index is -0.178. The maximum atomic E-state index is 9.02. The molecule has 1 aliphatic carbocycles. The molecule has 64 valence electrons. The fraction of sp³-hybridized carbons (Fsp3) is 0.444. The molecule has 2 rings (SSSR count). The summed E-state index contributed by atoms with van der Waals surface area (Å²) in [5.41, 5.74) is 3.36. The maximum Gasteiger partial charge on any atom is 0.0679 e. The minimum Gasteiger partial charge on any atom is -0.316 e. The summed E-state index contributed by atoms with van der Waals surface area (Å²) in [4.78, 5) is 3.94. The Hall–Kier alpha value is -0.930. The smallest absolute Gasteiger partial charge is 0.0679 e. The molecule has 1 aromatic heterocycles. The molecular formula is C9H12N2O. The highest BCUT2D eigenvalue weighted by atomic mass is 16.5. The van der Waals surface area contributed by atoms with Crippen molar-refractivity contribution in [3.8, 4) is 0 Å². The van der Waals surface area contributed by atoms with Crippen LogP contribution in [0.5, 0.6) is 0 Å². The number of nitrogens with zero attached hydrogens (tertiary/aromatic N) is 1. The Morgan fingerprint density at radius 2 is 2.00 bits per heavy atom. The van der Waals surface area contributed by atoms with E-state index < -0.39 is 0 Å². The largest absolute Gasteiger partial charge is 0.316 e. The summed E-state index contributed by atoms with van der Waals surface area (Å²) in [6.45, 7) is 0. The van der Waals surface area contributed by atoms with Gasteiger partial charge in [-0.2, -0.15) is 5.48 Å². The van der Waals surface area contributed by atoms with Gasteiger partial charge in [0.15, 0.2) is 0 Å². The lowest BCUT2D eigenvalue weighted by atomic mass is 9.73. The molecule has 3 nitrogen and oxygen atoms in total. The summed E-state index contributed by atoms with van der Waals surface area (Å²) < 4.78 is 0. The molecule has 2 N–H and O–H groups in total. The van der Waals surface area contributed by atoms with Crippen LogP contribution in [0, 0.1) is 0 Å².